The highest BCUT2D eigenvalue weighted by molar-refractivity contribution is 9.08. The van der Waals surface area contributed by atoms with Gasteiger partial charge in [0.15, 0.2) is 0 Å². The van der Waals surface area contributed by atoms with E-state index in [-0.39, 0.29) is 5.56 Å². The van der Waals surface area contributed by atoms with Gasteiger partial charge >= 0.3 is 0 Å². The zero-order chi connectivity index (χ0) is 9.42. The van der Waals surface area contributed by atoms with Gasteiger partial charge in [0.25, 0.3) is 5.56 Å². The van der Waals surface area contributed by atoms with Crippen LogP contribution in [0.15, 0.2) is 35.1 Å². The number of hydrogen-bond donors (Lipinski definition) is 0. The highest BCUT2D eigenvalue weighted by Crippen LogP contribution is 2.13. The van der Waals surface area contributed by atoms with Gasteiger partial charge in [0.1, 0.15) is 0 Å². The van der Waals surface area contributed by atoms with Gasteiger partial charge in [0, 0.05) is 5.56 Å². The Balaban J connectivity index is 3.02. The Hall–Kier alpha value is -1.09. The molecule has 13 heavy (non-hydrogen) atoms. The third kappa shape index (κ3) is 1.29. The SMILES string of the molecule is Cc1cc2ccccc2n(Br)c1=O. The third-order valence-corrected chi connectivity index (χ3v) is 2.74. The molecule has 0 fully saturated rings. The highest BCUT2D eigenvalue weighted by atomic mass is 79.9. The van der Waals surface area contributed by atoms with Crippen LogP contribution in [0.3, 0.4) is 0 Å². The lowest BCUT2D eigenvalue weighted by Crippen LogP contribution is -2.14. The van der Waals surface area contributed by atoms with Crippen molar-refractivity contribution in [1.29, 1.82) is 0 Å². The van der Waals surface area contributed by atoms with Crippen LogP contribution in [-0.4, -0.2) is 3.59 Å². The van der Waals surface area contributed by atoms with Crippen molar-refractivity contribution in [2.24, 2.45) is 0 Å². The Morgan fingerprint density at radius 3 is 2.77 bits per heavy atom. The first-order chi connectivity index (χ1) is 6.20. The molecule has 0 unspecified atom stereocenters. The van der Waals surface area contributed by atoms with E-state index < -0.39 is 0 Å². The Kier molecular flexibility index (Phi) is 1.96. The van der Waals surface area contributed by atoms with E-state index in [4.69, 9.17) is 0 Å². The number of aryl methyl sites for hydroxylation is 1. The van der Waals surface area contributed by atoms with Gasteiger partial charge in [-0.1, -0.05) is 18.2 Å². The number of para-hydroxylation sites is 1. The number of aromatic nitrogens is 1. The van der Waals surface area contributed by atoms with E-state index in [9.17, 15) is 4.79 Å². The smallest absolute Gasteiger partial charge is 0.264 e. The fourth-order valence-corrected chi connectivity index (χ4v) is 1.95. The van der Waals surface area contributed by atoms with Gasteiger partial charge in [-0.15, -0.1) is 0 Å². The predicted molar refractivity (Wildman–Crippen MR) is 57.3 cm³/mol. The summed E-state index contributed by atoms with van der Waals surface area (Å²) in [5.41, 5.74) is 1.65. The van der Waals surface area contributed by atoms with E-state index in [0.717, 1.165) is 16.5 Å². The summed E-state index contributed by atoms with van der Waals surface area (Å²) >= 11 is 3.24. The quantitative estimate of drug-likeness (QED) is 0.691. The molecular formula is C10H8BrNO. The number of pyridine rings is 1. The Labute approximate surface area is 84.1 Å². The van der Waals surface area contributed by atoms with E-state index in [1.165, 1.54) is 3.59 Å². The molecule has 0 bridgehead atoms. The first kappa shape index (κ1) is 8.51. The van der Waals surface area contributed by atoms with Crippen molar-refractivity contribution < 1.29 is 0 Å². The van der Waals surface area contributed by atoms with Crippen molar-refractivity contribution >= 4 is 27.1 Å². The van der Waals surface area contributed by atoms with Crippen LogP contribution in [0, 0.1) is 6.92 Å². The minimum absolute atomic E-state index is 0.00120. The molecule has 0 saturated heterocycles. The highest BCUT2D eigenvalue weighted by Gasteiger charge is 2.02. The molecule has 0 saturated carbocycles. The van der Waals surface area contributed by atoms with Gasteiger partial charge in [-0.3, -0.25) is 4.79 Å². The molecular weight excluding hydrogens is 230 g/mol. The van der Waals surface area contributed by atoms with Gasteiger partial charge in [0.2, 0.25) is 0 Å². The number of halogens is 1. The number of benzene rings is 1. The molecule has 1 aromatic heterocycles. The topological polar surface area (TPSA) is 22.0 Å². The van der Waals surface area contributed by atoms with Crippen LogP contribution in [-0.2, 0) is 0 Å². The van der Waals surface area contributed by atoms with Crippen molar-refractivity contribution in [2.75, 3.05) is 0 Å². The third-order valence-electron chi connectivity index (χ3n) is 2.04. The predicted octanol–water partition coefficient (Wildman–Crippen LogP) is 2.47. The van der Waals surface area contributed by atoms with E-state index in [2.05, 4.69) is 16.1 Å². The number of rotatable bonds is 0. The van der Waals surface area contributed by atoms with Crippen LogP contribution in [0.25, 0.3) is 10.9 Å². The summed E-state index contributed by atoms with van der Waals surface area (Å²) in [4.78, 5) is 11.5. The summed E-state index contributed by atoms with van der Waals surface area (Å²) in [6.07, 6.45) is 0. The molecule has 3 heteroatoms. The van der Waals surface area contributed by atoms with Crippen molar-refractivity contribution in [1.82, 2.24) is 3.59 Å². The fraction of sp³-hybridized carbons (Fsp3) is 0.100. The Morgan fingerprint density at radius 2 is 2.00 bits per heavy atom. The van der Waals surface area contributed by atoms with Crippen molar-refractivity contribution in [2.45, 2.75) is 6.92 Å². The fourth-order valence-electron chi connectivity index (χ4n) is 1.35. The van der Waals surface area contributed by atoms with Crippen LogP contribution in [0.2, 0.25) is 0 Å². The molecule has 0 aliphatic rings. The molecule has 2 aromatic rings. The summed E-state index contributed by atoms with van der Waals surface area (Å²) in [5, 5.41) is 1.07. The number of hydrogen-bond acceptors (Lipinski definition) is 1. The maximum absolute atomic E-state index is 11.5. The van der Waals surface area contributed by atoms with Gasteiger partial charge in [-0.05, 0) is 24.4 Å². The lowest BCUT2D eigenvalue weighted by Gasteiger charge is -2.03. The zero-order valence-electron chi connectivity index (χ0n) is 7.12. The average molecular weight is 238 g/mol. The summed E-state index contributed by atoms with van der Waals surface area (Å²) in [6, 6.07) is 9.66. The van der Waals surface area contributed by atoms with Gasteiger partial charge in [-0.25, -0.2) is 3.59 Å². The molecule has 0 spiro atoms. The normalized spacial score (nSPS) is 10.6. The van der Waals surface area contributed by atoms with Gasteiger partial charge < -0.3 is 0 Å². The molecule has 2 nitrogen and oxygen atoms in total. The second-order valence-electron chi connectivity index (χ2n) is 2.97. The first-order valence-electron chi connectivity index (χ1n) is 3.98. The van der Waals surface area contributed by atoms with Crippen LogP contribution < -0.4 is 5.56 Å². The van der Waals surface area contributed by atoms with Crippen molar-refractivity contribution in [3.8, 4) is 0 Å². The first-order valence-corrected chi connectivity index (χ1v) is 4.68. The summed E-state index contributed by atoms with van der Waals surface area (Å²) in [6.45, 7) is 1.81. The molecule has 1 heterocycles. The minimum Gasteiger partial charge on any atom is -0.268 e. The zero-order valence-corrected chi connectivity index (χ0v) is 8.71. The van der Waals surface area contributed by atoms with Crippen LogP contribution in [0.1, 0.15) is 5.56 Å². The van der Waals surface area contributed by atoms with E-state index in [0.29, 0.717) is 0 Å². The monoisotopic (exact) mass is 237 g/mol. The average Bonchev–Trinajstić information content (AvgIpc) is 2.15. The Morgan fingerprint density at radius 1 is 1.31 bits per heavy atom. The maximum Gasteiger partial charge on any atom is 0.264 e. The number of fused-ring (bicyclic) bond motifs is 1. The van der Waals surface area contributed by atoms with Crippen LogP contribution in [0.5, 0.6) is 0 Å². The summed E-state index contributed by atoms with van der Waals surface area (Å²) in [7, 11) is 0. The summed E-state index contributed by atoms with van der Waals surface area (Å²) in [5.74, 6) is 0. The molecule has 0 N–H and O–H groups in total. The number of nitrogens with zero attached hydrogens (tertiary/aromatic N) is 1. The minimum atomic E-state index is -0.00120. The van der Waals surface area contributed by atoms with Crippen LogP contribution in [0.4, 0.5) is 0 Å². The van der Waals surface area contributed by atoms with Crippen molar-refractivity contribution in [3.05, 3.63) is 46.2 Å². The van der Waals surface area contributed by atoms with Gasteiger partial charge in [-0.2, -0.15) is 0 Å². The Bertz CT molecular complexity index is 516. The molecule has 1 aromatic carbocycles. The maximum atomic E-state index is 11.5. The second-order valence-corrected chi connectivity index (χ2v) is 3.68. The lowest BCUT2D eigenvalue weighted by molar-refractivity contribution is 1.19. The molecule has 2 rings (SSSR count). The van der Waals surface area contributed by atoms with E-state index in [1.54, 1.807) is 0 Å². The summed E-state index contributed by atoms with van der Waals surface area (Å²) < 4.78 is 1.50. The van der Waals surface area contributed by atoms with Crippen LogP contribution >= 0.6 is 16.1 Å². The molecule has 0 aliphatic carbocycles. The second kappa shape index (κ2) is 3.00. The van der Waals surface area contributed by atoms with Gasteiger partial charge in [0.05, 0.1) is 21.7 Å². The van der Waals surface area contributed by atoms with E-state index >= 15 is 0 Å². The van der Waals surface area contributed by atoms with E-state index in [1.807, 2.05) is 37.3 Å². The standard InChI is InChI=1S/C10H8BrNO/c1-7-6-8-4-2-3-5-9(8)12(11)10(7)13/h2-6H,1H3. The lowest BCUT2D eigenvalue weighted by atomic mass is 10.2. The molecule has 66 valence electrons. The molecule has 0 amide bonds. The van der Waals surface area contributed by atoms with Crippen molar-refractivity contribution in [3.63, 3.8) is 0 Å². The molecule has 0 radical (unpaired) electrons. The largest absolute Gasteiger partial charge is 0.268 e. The molecule has 0 atom stereocenters. The molecule has 0 aliphatic heterocycles.